The van der Waals surface area contributed by atoms with E-state index >= 15 is 0 Å². The lowest BCUT2D eigenvalue weighted by Crippen LogP contribution is -2.26. The smallest absolute Gasteiger partial charge is 0.0865 e. The predicted molar refractivity (Wildman–Crippen MR) is 119 cm³/mol. The highest BCUT2D eigenvalue weighted by Crippen LogP contribution is 2.34. The van der Waals surface area contributed by atoms with Gasteiger partial charge in [0.15, 0.2) is 0 Å². The van der Waals surface area contributed by atoms with Crippen LogP contribution in [0, 0.1) is 5.41 Å². The molecule has 2 aromatic rings. The van der Waals surface area contributed by atoms with Crippen molar-refractivity contribution in [2.75, 3.05) is 0 Å². The Labute approximate surface area is 173 Å². The molecule has 1 aliphatic carbocycles. The number of hydrogen-bond acceptors (Lipinski definition) is 1. The third kappa shape index (κ3) is 4.83. The molecule has 26 heavy (non-hydrogen) atoms. The Morgan fingerprint density at radius 1 is 1.08 bits per heavy atom. The molecule has 0 bridgehead atoms. The van der Waals surface area contributed by atoms with Crippen LogP contribution >= 0.6 is 31.9 Å². The number of hydrogen-bond donors (Lipinski definition) is 0. The first-order chi connectivity index (χ1) is 12.4. The van der Waals surface area contributed by atoms with E-state index in [1.54, 1.807) is 0 Å². The standard InChI is InChI=1S/C23H23Br2N/c1-22(14-12-21(25)13-15-22)17-26-23(2,16-18-6-4-3-5-7-18)19-8-10-20(24)11-9-19/h3-14,17H,15-16H2,1-2H3. The molecule has 3 rings (SSSR count). The van der Waals surface area contributed by atoms with Gasteiger partial charge in [0.25, 0.3) is 0 Å². The summed E-state index contributed by atoms with van der Waals surface area (Å²) in [6.45, 7) is 4.45. The van der Waals surface area contributed by atoms with Gasteiger partial charge >= 0.3 is 0 Å². The molecule has 0 N–H and O–H groups in total. The SMILES string of the molecule is CC1(C=NC(C)(Cc2ccccc2)c2ccc(Br)cc2)C=CC(Br)=CC1. The highest BCUT2D eigenvalue weighted by Gasteiger charge is 2.28. The molecule has 2 atom stereocenters. The molecule has 0 spiro atoms. The summed E-state index contributed by atoms with van der Waals surface area (Å²) in [6, 6.07) is 19.1. The number of allylic oxidation sites excluding steroid dienone is 4. The van der Waals surface area contributed by atoms with Gasteiger partial charge in [0.05, 0.1) is 5.54 Å². The van der Waals surface area contributed by atoms with E-state index in [2.05, 4.69) is 125 Å². The summed E-state index contributed by atoms with van der Waals surface area (Å²) in [5, 5.41) is 0. The van der Waals surface area contributed by atoms with Crippen molar-refractivity contribution in [1.29, 1.82) is 0 Å². The fourth-order valence-corrected chi connectivity index (χ4v) is 3.69. The van der Waals surface area contributed by atoms with E-state index in [4.69, 9.17) is 4.99 Å². The Balaban J connectivity index is 1.94. The van der Waals surface area contributed by atoms with E-state index in [-0.39, 0.29) is 11.0 Å². The summed E-state index contributed by atoms with van der Waals surface area (Å²) in [6.07, 6.45) is 10.5. The second-order valence-corrected chi connectivity index (χ2v) is 9.16. The van der Waals surface area contributed by atoms with Crippen molar-refractivity contribution in [3.63, 3.8) is 0 Å². The largest absolute Gasteiger partial charge is 0.285 e. The van der Waals surface area contributed by atoms with Gasteiger partial charge in [0.2, 0.25) is 0 Å². The lowest BCUT2D eigenvalue weighted by atomic mass is 9.83. The van der Waals surface area contributed by atoms with Crippen LogP contribution in [0.3, 0.4) is 0 Å². The van der Waals surface area contributed by atoms with E-state index in [1.165, 1.54) is 11.1 Å². The van der Waals surface area contributed by atoms with Crippen LogP contribution in [-0.2, 0) is 12.0 Å². The Kier molecular flexibility index (Phi) is 5.99. The van der Waals surface area contributed by atoms with Gasteiger partial charge in [-0.2, -0.15) is 0 Å². The highest BCUT2D eigenvalue weighted by atomic mass is 79.9. The molecule has 1 nitrogen and oxygen atoms in total. The Hall–Kier alpha value is -1.45. The minimum atomic E-state index is -0.308. The van der Waals surface area contributed by atoms with E-state index in [9.17, 15) is 0 Å². The molecule has 0 amide bonds. The Morgan fingerprint density at radius 3 is 2.38 bits per heavy atom. The highest BCUT2D eigenvalue weighted by molar-refractivity contribution is 9.12. The van der Waals surface area contributed by atoms with E-state index in [0.717, 1.165) is 21.8 Å². The molecule has 0 radical (unpaired) electrons. The molecular formula is C23H23Br2N. The molecular weight excluding hydrogens is 450 g/mol. The van der Waals surface area contributed by atoms with Crippen LogP contribution in [0.4, 0.5) is 0 Å². The first-order valence-electron chi connectivity index (χ1n) is 8.80. The second-order valence-electron chi connectivity index (χ2n) is 7.33. The van der Waals surface area contributed by atoms with Crippen molar-refractivity contribution in [1.82, 2.24) is 0 Å². The van der Waals surface area contributed by atoms with Gasteiger partial charge in [0, 0.05) is 27.0 Å². The molecule has 0 heterocycles. The lowest BCUT2D eigenvalue weighted by molar-refractivity contribution is 0.486. The monoisotopic (exact) mass is 471 g/mol. The van der Waals surface area contributed by atoms with Gasteiger partial charge in [-0.15, -0.1) is 0 Å². The van der Waals surface area contributed by atoms with Crippen molar-refractivity contribution < 1.29 is 0 Å². The molecule has 0 saturated heterocycles. The average molecular weight is 473 g/mol. The van der Waals surface area contributed by atoms with Crippen molar-refractivity contribution in [2.45, 2.75) is 32.2 Å². The summed E-state index contributed by atoms with van der Waals surface area (Å²) in [5.41, 5.74) is 2.16. The van der Waals surface area contributed by atoms with Gasteiger partial charge in [-0.3, -0.25) is 4.99 Å². The summed E-state index contributed by atoms with van der Waals surface area (Å²) < 4.78 is 2.23. The Bertz CT molecular complexity index is 836. The fraction of sp³-hybridized carbons (Fsp3) is 0.261. The molecule has 0 aromatic heterocycles. The predicted octanol–water partition coefficient (Wildman–Crippen LogP) is 7.22. The van der Waals surface area contributed by atoms with Crippen molar-refractivity contribution in [3.05, 3.63) is 92.9 Å². The number of halogens is 2. The average Bonchev–Trinajstić information content (AvgIpc) is 2.64. The van der Waals surface area contributed by atoms with Gasteiger partial charge in [-0.05, 0) is 36.6 Å². The first kappa shape index (κ1) is 19.3. The van der Waals surface area contributed by atoms with Crippen LogP contribution < -0.4 is 0 Å². The summed E-state index contributed by atoms with van der Waals surface area (Å²) in [4.78, 5) is 5.14. The van der Waals surface area contributed by atoms with Crippen molar-refractivity contribution in [2.24, 2.45) is 10.4 Å². The van der Waals surface area contributed by atoms with Crippen LogP contribution in [0.5, 0.6) is 0 Å². The molecule has 3 heteroatoms. The molecule has 0 fully saturated rings. The number of benzene rings is 2. The molecule has 2 unspecified atom stereocenters. The van der Waals surface area contributed by atoms with Gasteiger partial charge < -0.3 is 0 Å². The zero-order valence-corrected chi connectivity index (χ0v) is 18.3. The van der Waals surface area contributed by atoms with Crippen molar-refractivity contribution in [3.8, 4) is 0 Å². The molecule has 0 aliphatic heterocycles. The topological polar surface area (TPSA) is 12.4 Å². The quantitative estimate of drug-likeness (QED) is 0.407. The maximum Gasteiger partial charge on any atom is 0.0865 e. The molecule has 1 aliphatic rings. The van der Waals surface area contributed by atoms with Crippen LogP contribution in [-0.4, -0.2) is 6.21 Å². The van der Waals surface area contributed by atoms with Crippen molar-refractivity contribution >= 4 is 38.1 Å². The number of aliphatic imine (C=N–C) groups is 1. The van der Waals surface area contributed by atoms with Gasteiger partial charge in [0.1, 0.15) is 0 Å². The fourth-order valence-electron chi connectivity index (χ4n) is 3.13. The molecule has 0 saturated carbocycles. The third-order valence-corrected chi connectivity index (χ3v) is 5.98. The van der Waals surface area contributed by atoms with E-state index in [1.807, 2.05) is 0 Å². The maximum atomic E-state index is 5.14. The van der Waals surface area contributed by atoms with Crippen LogP contribution in [0.2, 0.25) is 0 Å². The minimum absolute atomic E-state index is 0.0510. The molecule has 2 aromatic carbocycles. The van der Waals surface area contributed by atoms with E-state index < -0.39 is 0 Å². The van der Waals surface area contributed by atoms with Gasteiger partial charge in [-0.1, -0.05) is 99.5 Å². The zero-order valence-electron chi connectivity index (χ0n) is 15.1. The van der Waals surface area contributed by atoms with Crippen LogP contribution in [0.1, 0.15) is 31.4 Å². The van der Waals surface area contributed by atoms with Gasteiger partial charge in [-0.25, -0.2) is 0 Å². The molecule has 134 valence electrons. The Morgan fingerprint density at radius 2 is 1.77 bits per heavy atom. The normalized spacial score (nSPS) is 22.2. The summed E-state index contributed by atoms with van der Waals surface area (Å²) in [5.74, 6) is 0. The maximum absolute atomic E-state index is 5.14. The van der Waals surface area contributed by atoms with Crippen LogP contribution in [0.15, 0.2) is 86.8 Å². The minimum Gasteiger partial charge on any atom is -0.285 e. The summed E-state index contributed by atoms with van der Waals surface area (Å²) >= 11 is 7.08. The lowest BCUT2D eigenvalue weighted by Gasteiger charge is -2.29. The number of nitrogens with zero attached hydrogens (tertiary/aromatic N) is 1. The third-order valence-electron chi connectivity index (χ3n) is 4.86. The van der Waals surface area contributed by atoms with Crippen LogP contribution in [0.25, 0.3) is 0 Å². The first-order valence-corrected chi connectivity index (χ1v) is 10.4. The number of rotatable bonds is 5. The zero-order chi connectivity index (χ0) is 18.6. The summed E-state index contributed by atoms with van der Waals surface area (Å²) in [7, 11) is 0. The second kappa shape index (κ2) is 8.06. The van der Waals surface area contributed by atoms with E-state index in [0.29, 0.717) is 0 Å².